The molecule has 0 radical (unpaired) electrons. The van der Waals surface area contributed by atoms with Crippen molar-refractivity contribution in [3.8, 4) is 0 Å². The molecule has 2 aliphatic rings. The highest BCUT2D eigenvalue weighted by molar-refractivity contribution is 7.90. The Morgan fingerprint density at radius 3 is 2.58 bits per heavy atom. The van der Waals surface area contributed by atoms with E-state index in [1.807, 2.05) is 0 Å². The molecule has 3 rings (SSSR count). The number of nitrogens with one attached hydrogen (secondary N) is 1. The van der Waals surface area contributed by atoms with Gasteiger partial charge in [-0.1, -0.05) is 12.1 Å². The van der Waals surface area contributed by atoms with Gasteiger partial charge in [0.25, 0.3) is 15.9 Å². The Kier molecular flexibility index (Phi) is 4.15. The number of benzene rings is 1. The summed E-state index contributed by atoms with van der Waals surface area (Å²) in [6.07, 6.45) is 3.04. The van der Waals surface area contributed by atoms with E-state index in [4.69, 9.17) is 0 Å². The molecule has 130 valence electrons. The molecule has 2 fully saturated rings. The van der Waals surface area contributed by atoms with Crippen LogP contribution >= 0.6 is 0 Å². The predicted octanol–water partition coefficient (Wildman–Crippen LogP) is 1.59. The molecule has 0 spiro atoms. The maximum absolute atomic E-state index is 12.6. The second-order valence-electron chi connectivity index (χ2n) is 6.97. The van der Waals surface area contributed by atoms with E-state index in [0.717, 1.165) is 18.4 Å². The molecule has 1 saturated heterocycles. The molecular weight excluding hydrogens is 328 g/mol. The van der Waals surface area contributed by atoms with Crippen LogP contribution < -0.4 is 4.72 Å². The van der Waals surface area contributed by atoms with E-state index in [9.17, 15) is 18.0 Å². The number of amides is 2. The van der Waals surface area contributed by atoms with Gasteiger partial charge in [-0.3, -0.25) is 9.59 Å². The van der Waals surface area contributed by atoms with Crippen LogP contribution in [0.15, 0.2) is 29.2 Å². The van der Waals surface area contributed by atoms with Crippen molar-refractivity contribution in [2.45, 2.75) is 50.0 Å². The minimum Gasteiger partial charge on any atom is -0.328 e. The first-order valence-corrected chi connectivity index (χ1v) is 9.65. The fourth-order valence-corrected chi connectivity index (χ4v) is 4.13. The van der Waals surface area contributed by atoms with Gasteiger partial charge in [0.15, 0.2) is 0 Å². The third-order valence-corrected chi connectivity index (χ3v) is 6.22. The highest BCUT2D eigenvalue weighted by atomic mass is 32.2. The van der Waals surface area contributed by atoms with Gasteiger partial charge >= 0.3 is 0 Å². The van der Waals surface area contributed by atoms with Crippen LogP contribution in [-0.4, -0.2) is 37.2 Å². The van der Waals surface area contributed by atoms with Crippen LogP contribution in [0.4, 0.5) is 0 Å². The average Bonchev–Trinajstić information content (AvgIpc) is 3.28. The lowest BCUT2D eigenvalue weighted by Crippen LogP contribution is -2.67. The minimum absolute atomic E-state index is 0.0506. The molecule has 1 atom stereocenters. The molecule has 1 heterocycles. The van der Waals surface area contributed by atoms with Crippen LogP contribution in [0.3, 0.4) is 0 Å². The zero-order chi connectivity index (χ0) is 17.5. The fraction of sp³-hybridized carbons (Fsp3) is 0.529. The van der Waals surface area contributed by atoms with Crippen LogP contribution in [-0.2, 0) is 19.6 Å². The molecule has 1 unspecified atom stereocenters. The lowest BCUT2D eigenvalue weighted by molar-refractivity contribution is -0.156. The molecule has 7 heteroatoms. The Bertz CT molecular complexity index is 786. The first kappa shape index (κ1) is 17.0. The number of rotatable bonds is 5. The lowest BCUT2D eigenvalue weighted by Gasteiger charge is -2.49. The highest BCUT2D eigenvalue weighted by Gasteiger charge is 2.50. The second kappa shape index (κ2) is 5.88. The van der Waals surface area contributed by atoms with Crippen molar-refractivity contribution in [1.29, 1.82) is 0 Å². The molecule has 24 heavy (non-hydrogen) atoms. The summed E-state index contributed by atoms with van der Waals surface area (Å²) in [5.41, 5.74) is -0.288. The number of likely N-dealkylation sites (tertiary alicyclic amines) is 1. The minimum atomic E-state index is -3.94. The Labute approximate surface area is 142 Å². The van der Waals surface area contributed by atoms with Gasteiger partial charge in [0.05, 0.1) is 4.90 Å². The van der Waals surface area contributed by atoms with E-state index in [0.29, 0.717) is 25.3 Å². The van der Waals surface area contributed by atoms with E-state index in [-0.39, 0.29) is 10.8 Å². The molecule has 6 nitrogen and oxygen atoms in total. The molecule has 1 aliphatic heterocycles. The predicted molar refractivity (Wildman–Crippen MR) is 88.6 cm³/mol. The summed E-state index contributed by atoms with van der Waals surface area (Å²) in [4.78, 5) is 26.4. The number of carbonyl (C=O) groups excluding carboxylic acids is 2. The number of hydrogen-bond donors (Lipinski definition) is 1. The fourth-order valence-electron chi connectivity index (χ4n) is 2.95. The van der Waals surface area contributed by atoms with Gasteiger partial charge in [-0.25, -0.2) is 13.1 Å². The summed E-state index contributed by atoms with van der Waals surface area (Å²) in [6, 6.07) is 6.37. The van der Waals surface area contributed by atoms with Gasteiger partial charge in [-0.05, 0) is 56.7 Å². The maximum atomic E-state index is 12.6. The van der Waals surface area contributed by atoms with Gasteiger partial charge in [0.2, 0.25) is 5.91 Å². The van der Waals surface area contributed by atoms with E-state index in [2.05, 4.69) is 4.72 Å². The monoisotopic (exact) mass is 350 g/mol. The van der Waals surface area contributed by atoms with Crippen LogP contribution in [0.5, 0.6) is 0 Å². The van der Waals surface area contributed by atoms with Gasteiger partial charge in [-0.15, -0.1) is 0 Å². The van der Waals surface area contributed by atoms with Gasteiger partial charge in [0.1, 0.15) is 5.54 Å². The zero-order valence-corrected chi connectivity index (χ0v) is 14.7. The van der Waals surface area contributed by atoms with Gasteiger partial charge in [0, 0.05) is 13.0 Å². The number of nitrogens with zero attached hydrogens (tertiary/aromatic N) is 1. The van der Waals surface area contributed by atoms with Crippen LogP contribution in [0, 0.1) is 12.8 Å². The van der Waals surface area contributed by atoms with Crippen LogP contribution in [0.2, 0.25) is 0 Å². The summed E-state index contributed by atoms with van der Waals surface area (Å²) >= 11 is 0. The SMILES string of the molecule is Cc1cccc(S(=O)(=O)NC(=O)C2(C)CCN2C(=O)CC2CC2)c1. The smallest absolute Gasteiger partial charge is 0.264 e. The van der Waals surface area contributed by atoms with Gasteiger partial charge < -0.3 is 4.90 Å². The number of aryl methyl sites for hydroxylation is 1. The zero-order valence-electron chi connectivity index (χ0n) is 13.9. The largest absolute Gasteiger partial charge is 0.328 e. The standard InChI is InChI=1S/C17H22N2O4S/c1-12-4-3-5-14(10-12)24(22,23)18-16(21)17(2)8-9-19(17)15(20)11-13-6-7-13/h3-5,10,13H,6-9,11H2,1-2H3,(H,18,21). The number of carbonyl (C=O) groups is 2. The maximum Gasteiger partial charge on any atom is 0.264 e. The summed E-state index contributed by atoms with van der Waals surface area (Å²) < 4.78 is 27.0. The molecule has 1 saturated carbocycles. The molecule has 2 amide bonds. The van der Waals surface area contributed by atoms with E-state index < -0.39 is 21.5 Å². The molecule has 0 bridgehead atoms. The van der Waals surface area contributed by atoms with E-state index in [1.54, 1.807) is 26.0 Å². The van der Waals surface area contributed by atoms with Crippen molar-refractivity contribution in [2.24, 2.45) is 5.92 Å². The van der Waals surface area contributed by atoms with Crippen molar-refractivity contribution in [3.05, 3.63) is 29.8 Å². The topological polar surface area (TPSA) is 83.6 Å². The summed E-state index contributed by atoms with van der Waals surface area (Å²) in [5, 5.41) is 0. The molecular formula is C17H22N2O4S. The Morgan fingerprint density at radius 2 is 2.04 bits per heavy atom. The normalized spacial score (nSPS) is 23.5. The Balaban J connectivity index is 1.72. The van der Waals surface area contributed by atoms with Crippen molar-refractivity contribution >= 4 is 21.8 Å². The Hall–Kier alpha value is -1.89. The third-order valence-electron chi connectivity index (χ3n) is 4.90. The van der Waals surface area contributed by atoms with E-state index >= 15 is 0 Å². The highest BCUT2D eigenvalue weighted by Crippen LogP contribution is 2.37. The van der Waals surface area contributed by atoms with Crippen LogP contribution in [0.1, 0.15) is 38.2 Å². The summed E-state index contributed by atoms with van der Waals surface area (Å²) in [5.74, 6) is -0.268. The molecule has 1 aromatic carbocycles. The molecule has 1 aromatic rings. The Morgan fingerprint density at radius 1 is 1.33 bits per heavy atom. The quantitative estimate of drug-likeness (QED) is 0.874. The summed E-state index contributed by atoms with van der Waals surface area (Å²) in [7, 11) is -3.94. The average molecular weight is 350 g/mol. The van der Waals surface area contributed by atoms with Crippen molar-refractivity contribution < 1.29 is 18.0 Å². The number of hydrogen-bond acceptors (Lipinski definition) is 4. The van der Waals surface area contributed by atoms with Crippen molar-refractivity contribution in [3.63, 3.8) is 0 Å². The molecule has 1 N–H and O–H groups in total. The lowest BCUT2D eigenvalue weighted by atomic mass is 9.85. The third kappa shape index (κ3) is 3.17. The first-order valence-electron chi connectivity index (χ1n) is 8.17. The first-order chi connectivity index (χ1) is 11.2. The molecule has 0 aromatic heterocycles. The van der Waals surface area contributed by atoms with Gasteiger partial charge in [-0.2, -0.15) is 0 Å². The van der Waals surface area contributed by atoms with Crippen LogP contribution in [0.25, 0.3) is 0 Å². The number of sulfonamides is 1. The van der Waals surface area contributed by atoms with E-state index in [1.165, 1.54) is 17.0 Å². The molecule has 1 aliphatic carbocycles. The summed E-state index contributed by atoms with van der Waals surface area (Å²) in [6.45, 7) is 3.91. The van der Waals surface area contributed by atoms with Crippen molar-refractivity contribution in [1.82, 2.24) is 9.62 Å². The van der Waals surface area contributed by atoms with Crippen molar-refractivity contribution in [2.75, 3.05) is 6.54 Å². The second-order valence-corrected chi connectivity index (χ2v) is 8.65.